The highest BCUT2D eigenvalue weighted by atomic mass is 16.3. The third-order valence-electron chi connectivity index (χ3n) is 25.6. The largest absolute Gasteiger partial charge is 0.508 e. The van der Waals surface area contributed by atoms with Crippen LogP contribution in [0.1, 0.15) is 478 Å². The monoisotopic (exact) mass is 1450 g/mol. The molecule has 2 nitrogen and oxygen atoms in total. The fourth-order valence-corrected chi connectivity index (χ4v) is 18.1. The number of unbranched alkanes of at least 4 members (excludes halogenated alkanes) is 28. The number of benzene rings is 6. The molecule has 592 valence electrons. The molecule has 0 radical (unpaired) electrons. The molecule has 6 aromatic carbocycles. The lowest BCUT2D eigenvalue weighted by Gasteiger charge is -2.31. The van der Waals surface area contributed by atoms with Gasteiger partial charge in [-0.1, -0.05) is 388 Å². The van der Waals surface area contributed by atoms with Crippen molar-refractivity contribution >= 4 is 0 Å². The van der Waals surface area contributed by atoms with E-state index in [2.05, 4.69) is 208 Å². The van der Waals surface area contributed by atoms with Crippen LogP contribution < -0.4 is 0 Å². The minimum absolute atomic E-state index is 0.206. The summed E-state index contributed by atoms with van der Waals surface area (Å²) in [6, 6.07) is 41.4. The third-order valence-corrected chi connectivity index (χ3v) is 25.6. The van der Waals surface area contributed by atoms with Crippen molar-refractivity contribution in [2.75, 3.05) is 0 Å². The second kappa shape index (κ2) is 53.7. The summed E-state index contributed by atoms with van der Waals surface area (Å²) >= 11 is 0. The first kappa shape index (κ1) is 91.5. The maximum atomic E-state index is 11.7. The minimum atomic E-state index is 0.206. The Balaban J connectivity index is 0.000000382. The minimum Gasteiger partial charge on any atom is -0.508 e. The maximum absolute atomic E-state index is 11.7. The van der Waals surface area contributed by atoms with E-state index < -0.39 is 0 Å². The van der Waals surface area contributed by atoms with Gasteiger partial charge in [0.25, 0.3) is 0 Å². The Kier molecular flexibility index (Phi) is 46.4. The molecule has 0 aliphatic carbocycles. The van der Waals surface area contributed by atoms with Gasteiger partial charge in [0.15, 0.2) is 0 Å². The Morgan fingerprint density at radius 3 is 0.585 bits per heavy atom. The van der Waals surface area contributed by atoms with Gasteiger partial charge in [-0.15, -0.1) is 0 Å². The van der Waals surface area contributed by atoms with Gasteiger partial charge in [-0.3, -0.25) is 0 Å². The molecule has 6 rings (SSSR count). The molecule has 106 heavy (non-hydrogen) atoms. The Morgan fingerprint density at radius 1 is 0.189 bits per heavy atom. The van der Waals surface area contributed by atoms with Crippen LogP contribution in [0.5, 0.6) is 11.5 Å². The molecule has 2 heteroatoms. The normalized spacial score (nSPS) is 14.0. The second-order valence-corrected chi connectivity index (χ2v) is 33.7. The molecular formula is C104H164O2. The molecule has 6 aromatic rings. The van der Waals surface area contributed by atoms with Crippen molar-refractivity contribution in [3.8, 4) is 11.5 Å². The number of hydrogen-bond acceptors (Lipinski definition) is 2. The van der Waals surface area contributed by atoms with E-state index in [-0.39, 0.29) is 11.8 Å². The summed E-state index contributed by atoms with van der Waals surface area (Å²) in [5.74, 6) is 3.31. The molecule has 0 saturated heterocycles. The summed E-state index contributed by atoms with van der Waals surface area (Å²) < 4.78 is 0. The van der Waals surface area contributed by atoms with Crippen molar-refractivity contribution in [3.63, 3.8) is 0 Å². The Morgan fingerprint density at radius 2 is 0.358 bits per heavy atom. The molecule has 0 spiro atoms. The van der Waals surface area contributed by atoms with Crippen LogP contribution in [0.3, 0.4) is 0 Å². The molecule has 0 fully saturated rings. The predicted octanol–water partition coefficient (Wildman–Crippen LogP) is 33.0. The van der Waals surface area contributed by atoms with E-state index in [0.29, 0.717) is 47.0 Å². The summed E-state index contributed by atoms with van der Waals surface area (Å²) in [7, 11) is 0. The summed E-state index contributed by atoms with van der Waals surface area (Å²) in [6.07, 6.45) is 56.8. The Hall–Kier alpha value is -5.08. The SMILES string of the molecule is CCCCCCCc1cccc(C(C)C(C)c2cccc(O)c2C(C)C(C)c2cccc(CCCCCCC)c2CCCCCCC)c1CCCCCCC.CCCCCCc1cccc(C(C)C(C)c2cccc(O)c2C(C)C(C)c2cccc(CCCCCC)c2CCCCCC)c1CCCCCC. The van der Waals surface area contributed by atoms with E-state index in [4.69, 9.17) is 0 Å². The lowest BCUT2D eigenvalue weighted by molar-refractivity contribution is 0.451. The second-order valence-electron chi connectivity index (χ2n) is 33.7. The standard InChI is InChI=1S/C54H86O.C50H78O/c1-9-13-17-21-25-32-46-34-29-38-48(51(46)36-27-23-19-15-11-3)42(5)43(6)50-40-31-41-53(55)54(50)45(8)44(7)49-39-30-35-47(33-26-22-18-14-10-2)52(49)37-28-24-20-16-12-4;1-9-13-17-21-28-42-30-25-34-44(47(42)32-23-19-15-11-3)38(5)39(6)46-36-27-37-49(51)50(46)41(8)40(7)45-35-26-31-43(29-22-18-14-10-2)48(45)33-24-20-16-12-4/h29-31,34-35,38-45,55H,9-28,32-33,36-37H2,1-8H3;25-27,30-31,34-41,51H,9-24,28-29,32-33H2,1-8H3. The topological polar surface area (TPSA) is 40.5 Å². The van der Waals surface area contributed by atoms with E-state index in [1.165, 1.54) is 316 Å². The fourth-order valence-electron chi connectivity index (χ4n) is 18.1. The quantitative estimate of drug-likeness (QED) is 0.0374. The molecule has 0 aliphatic heterocycles. The zero-order chi connectivity index (χ0) is 76.9. The molecule has 2 N–H and O–H groups in total. The first-order valence-corrected chi connectivity index (χ1v) is 45.7. The van der Waals surface area contributed by atoms with Gasteiger partial charge in [0, 0.05) is 11.1 Å². The lowest BCUT2D eigenvalue weighted by atomic mass is 9.73. The van der Waals surface area contributed by atoms with Crippen molar-refractivity contribution in [2.24, 2.45) is 0 Å². The highest BCUT2D eigenvalue weighted by Crippen LogP contribution is 2.49. The van der Waals surface area contributed by atoms with Crippen molar-refractivity contribution in [1.82, 2.24) is 0 Å². The van der Waals surface area contributed by atoms with Crippen LogP contribution in [0.15, 0.2) is 109 Å². The zero-order valence-electron chi connectivity index (χ0n) is 72.0. The maximum Gasteiger partial charge on any atom is 0.119 e. The molecule has 0 amide bonds. The molecule has 8 unspecified atom stereocenters. The molecule has 0 bridgehead atoms. The van der Waals surface area contributed by atoms with Crippen molar-refractivity contribution in [3.05, 3.63) is 198 Å². The third kappa shape index (κ3) is 29.6. The van der Waals surface area contributed by atoms with Gasteiger partial charge < -0.3 is 10.2 Å². The number of hydrogen-bond donors (Lipinski definition) is 2. The van der Waals surface area contributed by atoms with Gasteiger partial charge in [0.2, 0.25) is 0 Å². The van der Waals surface area contributed by atoms with Crippen LogP contribution in [0.25, 0.3) is 0 Å². The number of rotatable bonds is 56. The van der Waals surface area contributed by atoms with E-state index in [0.717, 1.165) is 5.56 Å². The summed E-state index contributed by atoms with van der Waals surface area (Å²) in [4.78, 5) is 0. The van der Waals surface area contributed by atoms with E-state index >= 15 is 0 Å². The molecule has 8 atom stereocenters. The summed E-state index contributed by atoms with van der Waals surface area (Å²) in [6.45, 7) is 37.9. The Bertz CT molecular complexity index is 3270. The smallest absolute Gasteiger partial charge is 0.119 e. The van der Waals surface area contributed by atoms with Gasteiger partial charge in [-0.2, -0.15) is 0 Å². The number of aryl methyl sites for hydroxylation is 4. The van der Waals surface area contributed by atoms with Crippen LogP contribution in [-0.4, -0.2) is 10.2 Å². The molecule has 0 saturated carbocycles. The zero-order valence-corrected chi connectivity index (χ0v) is 72.0. The fraction of sp³-hybridized carbons (Fsp3) is 0.654. The number of phenolic OH excluding ortho intramolecular Hbond substituents is 2. The van der Waals surface area contributed by atoms with Crippen LogP contribution in [0.2, 0.25) is 0 Å². The molecular weight excluding hydrogens is 1280 g/mol. The van der Waals surface area contributed by atoms with Crippen LogP contribution in [0, 0.1) is 0 Å². The Labute approximate surface area is 656 Å². The van der Waals surface area contributed by atoms with E-state index in [9.17, 15) is 10.2 Å². The van der Waals surface area contributed by atoms with Crippen molar-refractivity contribution < 1.29 is 10.2 Å². The molecule has 0 heterocycles. The van der Waals surface area contributed by atoms with E-state index in [1.807, 2.05) is 12.1 Å². The molecule has 0 aliphatic rings. The molecule has 0 aromatic heterocycles. The summed E-state index contributed by atoms with van der Waals surface area (Å²) in [5.41, 5.74) is 23.9. The van der Waals surface area contributed by atoms with Gasteiger partial charge in [-0.05, 0) is 240 Å². The highest BCUT2D eigenvalue weighted by molar-refractivity contribution is 5.51. The van der Waals surface area contributed by atoms with Crippen LogP contribution in [-0.2, 0) is 51.4 Å². The number of phenols is 2. The predicted molar refractivity (Wildman–Crippen MR) is 471 cm³/mol. The van der Waals surface area contributed by atoms with Crippen molar-refractivity contribution in [1.29, 1.82) is 0 Å². The summed E-state index contributed by atoms with van der Waals surface area (Å²) in [5, 5.41) is 23.4. The average molecular weight is 1450 g/mol. The highest BCUT2D eigenvalue weighted by Gasteiger charge is 2.32. The van der Waals surface area contributed by atoms with Gasteiger partial charge in [0.1, 0.15) is 11.5 Å². The first-order valence-electron chi connectivity index (χ1n) is 45.7. The lowest BCUT2D eigenvalue weighted by Crippen LogP contribution is -2.15. The van der Waals surface area contributed by atoms with Gasteiger partial charge >= 0.3 is 0 Å². The van der Waals surface area contributed by atoms with Crippen LogP contribution in [0.4, 0.5) is 0 Å². The number of aromatic hydroxyl groups is 2. The van der Waals surface area contributed by atoms with E-state index in [1.54, 1.807) is 50.1 Å². The first-order chi connectivity index (χ1) is 51.6. The van der Waals surface area contributed by atoms with Crippen LogP contribution >= 0.6 is 0 Å². The van der Waals surface area contributed by atoms with Crippen molar-refractivity contribution in [2.45, 2.75) is 441 Å². The van der Waals surface area contributed by atoms with Gasteiger partial charge in [-0.25, -0.2) is 0 Å². The average Bonchev–Trinajstić information content (AvgIpc) is 0.786. The van der Waals surface area contributed by atoms with Gasteiger partial charge in [0.05, 0.1) is 0 Å².